The third-order valence-corrected chi connectivity index (χ3v) is 5.31. The first-order valence-electron chi connectivity index (χ1n) is 7.41. The van der Waals surface area contributed by atoms with Crippen molar-refractivity contribution < 1.29 is 9.32 Å². The summed E-state index contributed by atoms with van der Waals surface area (Å²) >= 11 is 1.52. The normalized spacial score (nSPS) is 16.9. The molecule has 0 fully saturated rings. The highest BCUT2D eigenvalue weighted by atomic mass is 32.1. The molecule has 1 aliphatic carbocycles. The zero-order chi connectivity index (χ0) is 15.7. The molecule has 0 aliphatic heterocycles. The summed E-state index contributed by atoms with van der Waals surface area (Å²) in [6.45, 7) is 3.93. The Balaban J connectivity index is 1.87. The van der Waals surface area contributed by atoms with Gasteiger partial charge in [-0.15, -0.1) is 11.3 Å². The first kappa shape index (κ1) is 14.8. The first-order chi connectivity index (χ1) is 10.6. The van der Waals surface area contributed by atoms with E-state index in [0.29, 0.717) is 22.2 Å². The van der Waals surface area contributed by atoms with E-state index in [1.807, 2.05) is 0 Å². The lowest BCUT2D eigenvalue weighted by Crippen LogP contribution is -2.13. The maximum atomic E-state index is 12.2. The number of thiophene rings is 1. The van der Waals surface area contributed by atoms with E-state index in [1.165, 1.54) is 16.2 Å². The number of fused-ring (bicyclic) bond motifs is 1. The predicted molar refractivity (Wildman–Crippen MR) is 84.0 cm³/mol. The number of nitriles is 1. The fourth-order valence-electron chi connectivity index (χ4n) is 2.85. The van der Waals surface area contributed by atoms with Gasteiger partial charge >= 0.3 is 0 Å². The Morgan fingerprint density at radius 1 is 1.64 bits per heavy atom. The Hall–Kier alpha value is -2.13. The summed E-state index contributed by atoms with van der Waals surface area (Å²) < 4.78 is 4.92. The zero-order valence-electron chi connectivity index (χ0n) is 12.6. The van der Waals surface area contributed by atoms with Gasteiger partial charge in [0.2, 0.25) is 0 Å². The van der Waals surface area contributed by atoms with Crippen LogP contribution in [0, 0.1) is 24.2 Å². The number of nitrogens with zero attached hydrogens (tertiary/aromatic N) is 2. The molecule has 3 rings (SSSR count). The molecule has 1 aliphatic rings. The number of carbonyl (C=O) groups is 1. The van der Waals surface area contributed by atoms with Crippen LogP contribution in [0.2, 0.25) is 0 Å². The van der Waals surface area contributed by atoms with Crippen LogP contribution in [0.5, 0.6) is 0 Å². The second-order valence-electron chi connectivity index (χ2n) is 5.61. The van der Waals surface area contributed by atoms with Crippen LogP contribution < -0.4 is 5.32 Å². The summed E-state index contributed by atoms with van der Waals surface area (Å²) in [5, 5.41) is 16.6. The summed E-state index contributed by atoms with van der Waals surface area (Å²) in [6, 6.07) is 3.84. The summed E-state index contributed by atoms with van der Waals surface area (Å²) in [5.41, 5.74) is 1.96. The molecule has 0 saturated heterocycles. The predicted octanol–water partition coefficient (Wildman–Crippen LogP) is 3.68. The molecule has 0 saturated carbocycles. The number of aromatic nitrogens is 1. The van der Waals surface area contributed by atoms with E-state index in [0.717, 1.165) is 31.2 Å². The number of nitrogens with one attached hydrogen (secondary N) is 1. The van der Waals surface area contributed by atoms with Crippen LogP contribution in [0.25, 0.3) is 0 Å². The number of anilines is 1. The Kier molecular flexibility index (Phi) is 3.99. The number of rotatable bonds is 3. The van der Waals surface area contributed by atoms with Gasteiger partial charge in [0.25, 0.3) is 5.91 Å². The van der Waals surface area contributed by atoms with Gasteiger partial charge < -0.3 is 9.84 Å². The molecule has 0 spiro atoms. The average molecular weight is 315 g/mol. The Morgan fingerprint density at radius 2 is 2.45 bits per heavy atom. The molecule has 1 unspecified atom stereocenters. The third kappa shape index (κ3) is 2.64. The maximum Gasteiger partial charge on any atom is 0.278 e. The lowest BCUT2D eigenvalue weighted by atomic mass is 9.86. The molecule has 114 valence electrons. The van der Waals surface area contributed by atoms with E-state index < -0.39 is 0 Å². The molecule has 1 atom stereocenters. The minimum absolute atomic E-state index is 0.235. The van der Waals surface area contributed by atoms with E-state index in [9.17, 15) is 10.1 Å². The molecular weight excluding hydrogens is 298 g/mol. The second kappa shape index (κ2) is 5.93. The highest BCUT2D eigenvalue weighted by Gasteiger charge is 2.26. The van der Waals surface area contributed by atoms with Crippen molar-refractivity contribution in [3.63, 3.8) is 0 Å². The number of carbonyl (C=O) groups excluding carboxylic acids is 1. The molecule has 2 aromatic heterocycles. The van der Waals surface area contributed by atoms with Gasteiger partial charge in [-0.1, -0.05) is 18.5 Å². The van der Waals surface area contributed by atoms with Crippen molar-refractivity contribution in [1.82, 2.24) is 5.16 Å². The number of hydrogen-bond donors (Lipinski definition) is 1. The van der Waals surface area contributed by atoms with Crippen molar-refractivity contribution in [3.05, 3.63) is 33.5 Å². The minimum Gasteiger partial charge on any atom is -0.361 e. The average Bonchev–Trinajstić information content (AvgIpc) is 3.09. The fourth-order valence-corrected chi connectivity index (χ4v) is 4.16. The molecule has 0 bridgehead atoms. The van der Waals surface area contributed by atoms with Gasteiger partial charge in [0.1, 0.15) is 16.8 Å². The zero-order valence-corrected chi connectivity index (χ0v) is 13.4. The maximum absolute atomic E-state index is 12.2. The van der Waals surface area contributed by atoms with Crippen LogP contribution in [0.4, 0.5) is 5.00 Å². The van der Waals surface area contributed by atoms with E-state index in [1.54, 1.807) is 13.0 Å². The minimum atomic E-state index is -0.334. The van der Waals surface area contributed by atoms with Crippen molar-refractivity contribution >= 4 is 22.2 Å². The third-order valence-electron chi connectivity index (χ3n) is 4.14. The van der Waals surface area contributed by atoms with Crippen molar-refractivity contribution in [1.29, 1.82) is 5.26 Å². The Morgan fingerprint density at radius 3 is 3.09 bits per heavy atom. The number of amides is 1. The molecule has 0 radical (unpaired) electrons. The van der Waals surface area contributed by atoms with Gasteiger partial charge in [0, 0.05) is 10.9 Å². The Bertz CT molecular complexity index is 754. The van der Waals surface area contributed by atoms with Gasteiger partial charge in [-0.05, 0) is 37.7 Å². The van der Waals surface area contributed by atoms with Gasteiger partial charge in [0.15, 0.2) is 5.69 Å². The van der Waals surface area contributed by atoms with Crippen LogP contribution in [0.3, 0.4) is 0 Å². The van der Waals surface area contributed by atoms with Gasteiger partial charge in [0.05, 0.1) is 5.56 Å². The topological polar surface area (TPSA) is 78.9 Å². The van der Waals surface area contributed by atoms with Crippen molar-refractivity contribution in [2.75, 3.05) is 5.32 Å². The lowest BCUT2D eigenvalue weighted by molar-refractivity contribution is 0.101. The van der Waals surface area contributed by atoms with Gasteiger partial charge in [-0.25, -0.2) is 0 Å². The van der Waals surface area contributed by atoms with Crippen LogP contribution in [0.1, 0.15) is 52.0 Å². The van der Waals surface area contributed by atoms with Crippen molar-refractivity contribution in [3.8, 4) is 6.07 Å². The highest BCUT2D eigenvalue weighted by molar-refractivity contribution is 7.16. The largest absolute Gasteiger partial charge is 0.361 e. The molecule has 6 heteroatoms. The molecular formula is C16H17N3O2S. The molecule has 2 heterocycles. The standard InChI is InChI=1S/C16H17N3O2S/c1-3-10-4-5-11-12(8-17)16(22-14(11)7-10)18-15(20)13-6-9(2)21-19-13/h6,10H,3-5,7H2,1-2H3,(H,18,20). The van der Waals surface area contributed by atoms with E-state index in [2.05, 4.69) is 23.5 Å². The van der Waals surface area contributed by atoms with E-state index in [-0.39, 0.29) is 11.6 Å². The monoisotopic (exact) mass is 315 g/mol. The molecule has 5 nitrogen and oxygen atoms in total. The summed E-state index contributed by atoms with van der Waals surface area (Å²) in [5.74, 6) is 0.931. The second-order valence-corrected chi connectivity index (χ2v) is 6.72. The quantitative estimate of drug-likeness (QED) is 0.937. The summed E-state index contributed by atoms with van der Waals surface area (Å²) in [4.78, 5) is 13.4. The number of aryl methyl sites for hydroxylation is 1. The fraction of sp³-hybridized carbons (Fsp3) is 0.438. The van der Waals surface area contributed by atoms with Crippen LogP contribution in [0.15, 0.2) is 10.6 Å². The van der Waals surface area contributed by atoms with Crippen LogP contribution >= 0.6 is 11.3 Å². The Labute approximate surface area is 132 Å². The lowest BCUT2D eigenvalue weighted by Gasteiger charge is -2.20. The highest BCUT2D eigenvalue weighted by Crippen LogP contribution is 2.40. The molecule has 22 heavy (non-hydrogen) atoms. The van der Waals surface area contributed by atoms with Gasteiger partial charge in [-0.2, -0.15) is 5.26 Å². The SMILES string of the molecule is CCC1CCc2c(sc(NC(=O)c3cc(C)on3)c2C#N)C1. The van der Waals surface area contributed by atoms with Gasteiger partial charge in [-0.3, -0.25) is 4.79 Å². The molecule has 2 aromatic rings. The van der Waals surface area contributed by atoms with E-state index >= 15 is 0 Å². The number of hydrogen-bond acceptors (Lipinski definition) is 5. The first-order valence-corrected chi connectivity index (χ1v) is 8.23. The van der Waals surface area contributed by atoms with Crippen molar-refractivity contribution in [2.24, 2.45) is 5.92 Å². The van der Waals surface area contributed by atoms with Crippen LogP contribution in [-0.2, 0) is 12.8 Å². The molecule has 0 aromatic carbocycles. The smallest absolute Gasteiger partial charge is 0.278 e. The van der Waals surface area contributed by atoms with E-state index in [4.69, 9.17) is 4.52 Å². The molecule has 1 N–H and O–H groups in total. The van der Waals surface area contributed by atoms with Crippen LogP contribution in [-0.4, -0.2) is 11.1 Å². The van der Waals surface area contributed by atoms with Crippen molar-refractivity contribution in [2.45, 2.75) is 39.5 Å². The summed E-state index contributed by atoms with van der Waals surface area (Å²) in [7, 11) is 0. The summed E-state index contributed by atoms with van der Waals surface area (Å²) in [6.07, 6.45) is 4.19. The molecule has 1 amide bonds.